The van der Waals surface area contributed by atoms with Crippen molar-refractivity contribution in [1.82, 2.24) is 9.80 Å². The van der Waals surface area contributed by atoms with Crippen molar-refractivity contribution >= 4 is 11.9 Å². The van der Waals surface area contributed by atoms with Gasteiger partial charge in [-0.05, 0) is 13.8 Å². The average Bonchev–Trinajstić information content (AvgIpc) is 2.56. The maximum Gasteiger partial charge on any atom is 0.336 e. The molecule has 0 N–H and O–H groups in total. The summed E-state index contributed by atoms with van der Waals surface area (Å²) in [7, 11) is 6.74. The van der Waals surface area contributed by atoms with Crippen molar-refractivity contribution < 1.29 is 19.1 Å². The first-order chi connectivity index (χ1) is 12.2. The Morgan fingerprint density at radius 2 is 1.23 bits per heavy atom. The van der Waals surface area contributed by atoms with Crippen LogP contribution in [0.15, 0.2) is 23.5 Å². The number of carbonyl (C=O) groups excluding carboxylic acids is 2. The Hall–Kier alpha value is -3.00. The maximum absolute atomic E-state index is 12.5. The van der Waals surface area contributed by atoms with Gasteiger partial charge in [0.15, 0.2) is 0 Å². The minimum absolute atomic E-state index is 0.0334. The van der Waals surface area contributed by atoms with Gasteiger partial charge in [0.25, 0.3) is 0 Å². The molecule has 0 aliphatic heterocycles. The topological polar surface area (TPSA) is 107 Å². The molecule has 0 fully saturated rings. The van der Waals surface area contributed by atoms with E-state index in [9.17, 15) is 20.1 Å². The van der Waals surface area contributed by atoms with E-state index in [1.807, 2.05) is 12.1 Å². The fourth-order valence-corrected chi connectivity index (χ4v) is 2.21. The summed E-state index contributed by atoms with van der Waals surface area (Å²) in [5.74, 6) is -3.79. The van der Waals surface area contributed by atoms with Crippen LogP contribution in [0.4, 0.5) is 0 Å². The Bertz CT molecular complexity index is 585. The molecule has 0 atom stereocenters. The van der Waals surface area contributed by atoms with E-state index in [1.165, 1.54) is 12.4 Å². The molecule has 0 aromatic heterocycles. The van der Waals surface area contributed by atoms with Crippen molar-refractivity contribution in [1.29, 1.82) is 10.5 Å². The molecule has 0 aromatic carbocycles. The van der Waals surface area contributed by atoms with Crippen molar-refractivity contribution in [3.8, 4) is 12.1 Å². The lowest BCUT2D eigenvalue weighted by Crippen LogP contribution is -2.30. The summed E-state index contributed by atoms with van der Waals surface area (Å²) in [5.41, 5.74) is 0.0669. The highest BCUT2D eigenvalue weighted by molar-refractivity contribution is 5.96. The Kier molecular flexibility index (Phi) is 10.2. The SMILES string of the molecule is CCOC(=O)/C(=C\N(C)C)C(/C(=C/N(C)C)C(=O)OCC)C(C#N)C#N. The number of ether oxygens (including phenoxy) is 2. The van der Waals surface area contributed by atoms with Crippen LogP contribution in [0.25, 0.3) is 0 Å². The molecule has 26 heavy (non-hydrogen) atoms. The molecule has 142 valence electrons. The van der Waals surface area contributed by atoms with Gasteiger partial charge in [-0.1, -0.05) is 0 Å². The molecule has 0 bridgehead atoms. The number of rotatable bonds is 9. The third-order valence-electron chi connectivity index (χ3n) is 3.10. The number of nitrogens with zero attached hydrogens (tertiary/aromatic N) is 4. The third-order valence-corrected chi connectivity index (χ3v) is 3.10. The van der Waals surface area contributed by atoms with Gasteiger partial charge in [0.05, 0.1) is 42.4 Å². The minimum Gasteiger partial charge on any atom is -0.463 e. The predicted molar refractivity (Wildman–Crippen MR) is 95.0 cm³/mol. The molecule has 0 rings (SSSR count). The average molecular weight is 362 g/mol. The standard InChI is InChI=1S/C18H26N4O4/c1-7-25-17(23)14(11-21(3)4)16(13(9-19)10-20)15(12-22(5)6)18(24)26-8-2/h11-13,16H,7-8H2,1-6H3/b14-11-,15-12-. The summed E-state index contributed by atoms with van der Waals surface area (Å²) in [6.07, 6.45) is 2.90. The molecule has 8 nitrogen and oxygen atoms in total. The fraction of sp³-hybridized carbons (Fsp3) is 0.556. The molecule has 0 amide bonds. The van der Waals surface area contributed by atoms with Crippen LogP contribution in [-0.2, 0) is 19.1 Å². The van der Waals surface area contributed by atoms with E-state index in [1.54, 1.807) is 51.8 Å². The normalized spacial score (nSPS) is 12.7. The van der Waals surface area contributed by atoms with Crippen molar-refractivity contribution in [2.24, 2.45) is 11.8 Å². The van der Waals surface area contributed by atoms with Crippen LogP contribution in [0.2, 0.25) is 0 Å². The molecule has 0 aromatic rings. The molecule has 0 aliphatic carbocycles. The Morgan fingerprint density at radius 1 is 0.885 bits per heavy atom. The summed E-state index contributed by atoms with van der Waals surface area (Å²) in [4.78, 5) is 28.2. The fourth-order valence-electron chi connectivity index (χ4n) is 2.21. The van der Waals surface area contributed by atoms with E-state index in [0.717, 1.165) is 0 Å². The number of carbonyl (C=O) groups is 2. The summed E-state index contributed by atoms with van der Waals surface area (Å²) < 4.78 is 10.1. The van der Waals surface area contributed by atoms with Gasteiger partial charge >= 0.3 is 11.9 Å². The minimum atomic E-state index is -1.28. The molecule has 0 heterocycles. The monoisotopic (exact) mass is 362 g/mol. The number of nitriles is 2. The maximum atomic E-state index is 12.5. The number of hydrogen-bond acceptors (Lipinski definition) is 8. The second kappa shape index (κ2) is 11.5. The quantitative estimate of drug-likeness (QED) is 0.446. The summed E-state index contributed by atoms with van der Waals surface area (Å²) in [5, 5.41) is 18.9. The molecule has 0 unspecified atom stereocenters. The predicted octanol–water partition coefficient (Wildman–Crippen LogP) is 1.28. The molecular formula is C18H26N4O4. The van der Waals surface area contributed by atoms with Crippen molar-refractivity contribution in [3.05, 3.63) is 23.5 Å². The van der Waals surface area contributed by atoms with E-state index in [-0.39, 0.29) is 24.4 Å². The van der Waals surface area contributed by atoms with Crippen LogP contribution in [0, 0.1) is 34.5 Å². The van der Waals surface area contributed by atoms with E-state index < -0.39 is 23.8 Å². The van der Waals surface area contributed by atoms with Gasteiger partial charge in [-0.3, -0.25) is 0 Å². The van der Waals surface area contributed by atoms with E-state index in [0.29, 0.717) is 0 Å². The lowest BCUT2D eigenvalue weighted by Gasteiger charge is -2.24. The highest BCUT2D eigenvalue weighted by Gasteiger charge is 2.37. The van der Waals surface area contributed by atoms with E-state index >= 15 is 0 Å². The summed E-state index contributed by atoms with van der Waals surface area (Å²) in [6.45, 7) is 3.53. The van der Waals surface area contributed by atoms with Gasteiger partial charge in [-0.25, -0.2) is 9.59 Å². The highest BCUT2D eigenvalue weighted by Crippen LogP contribution is 2.31. The lowest BCUT2D eigenvalue weighted by molar-refractivity contribution is -0.140. The van der Waals surface area contributed by atoms with Crippen molar-refractivity contribution in [2.45, 2.75) is 13.8 Å². The Morgan fingerprint density at radius 3 is 1.46 bits per heavy atom. The second-order valence-corrected chi connectivity index (χ2v) is 5.75. The summed E-state index contributed by atoms with van der Waals surface area (Å²) >= 11 is 0. The number of hydrogen-bond donors (Lipinski definition) is 0. The van der Waals surface area contributed by atoms with Crippen LogP contribution in [0.3, 0.4) is 0 Å². The highest BCUT2D eigenvalue weighted by atomic mass is 16.5. The Balaban J connectivity index is 6.57. The smallest absolute Gasteiger partial charge is 0.336 e. The molecule has 0 spiro atoms. The van der Waals surface area contributed by atoms with Gasteiger partial charge in [-0.15, -0.1) is 0 Å². The van der Waals surface area contributed by atoms with Crippen molar-refractivity contribution in [3.63, 3.8) is 0 Å². The second-order valence-electron chi connectivity index (χ2n) is 5.75. The van der Waals surface area contributed by atoms with Crippen LogP contribution in [0.5, 0.6) is 0 Å². The molecule has 0 saturated heterocycles. The van der Waals surface area contributed by atoms with E-state index in [4.69, 9.17) is 9.47 Å². The van der Waals surface area contributed by atoms with Crippen LogP contribution in [-0.4, -0.2) is 63.1 Å². The molecule has 8 heteroatoms. The molecule has 0 saturated carbocycles. The van der Waals surface area contributed by atoms with Gasteiger partial charge < -0.3 is 19.3 Å². The third kappa shape index (κ3) is 6.86. The van der Waals surface area contributed by atoms with Gasteiger partial charge in [0.1, 0.15) is 5.92 Å². The van der Waals surface area contributed by atoms with Gasteiger partial charge in [0, 0.05) is 40.6 Å². The lowest BCUT2D eigenvalue weighted by atomic mass is 9.81. The zero-order valence-corrected chi connectivity index (χ0v) is 16.1. The molecular weight excluding hydrogens is 336 g/mol. The first-order valence-corrected chi connectivity index (χ1v) is 8.13. The zero-order valence-electron chi connectivity index (χ0n) is 16.1. The molecule has 0 radical (unpaired) electrons. The van der Waals surface area contributed by atoms with Crippen LogP contribution in [0.1, 0.15) is 13.8 Å². The Labute approximate surface area is 154 Å². The van der Waals surface area contributed by atoms with Crippen LogP contribution < -0.4 is 0 Å². The van der Waals surface area contributed by atoms with Gasteiger partial charge in [0.2, 0.25) is 0 Å². The van der Waals surface area contributed by atoms with Gasteiger partial charge in [-0.2, -0.15) is 10.5 Å². The summed E-state index contributed by atoms with van der Waals surface area (Å²) in [6, 6.07) is 3.72. The van der Waals surface area contributed by atoms with E-state index in [2.05, 4.69) is 0 Å². The first kappa shape index (κ1) is 23.0. The number of esters is 2. The first-order valence-electron chi connectivity index (χ1n) is 8.13. The van der Waals surface area contributed by atoms with Crippen molar-refractivity contribution in [2.75, 3.05) is 41.4 Å². The van der Waals surface area contributed by atoms with Crippen LogP contribution >= 0.6 is 0 Å². The molecule has 0 aliphatic rings. The zero-order chi connectivity index (χ0) is 20.3. The largest absolute Gasteiger partial charge is 0.463 e.